The number of aliphatic hydroxyl groups excluding tert-OH is 3. The summed E-state index contributed by atoms with van der Waals surface area (Å²) in [6, 6.07) is 0.999. The van der Waals surface area contributed by atoms with Gasteiger partial charge in [0.1, 0.15) is 0 Å². The van der Waals surface area contributed by atoms with E-state index >= 15 is 0 Å². The third-order valence-corrected chi connectivity index (χ3v) is 10.1. The quantitative estimate of drug-likeness (QED) is 0.574. The van der Waals surface area contributed by atoms with Gasteiger partial charge in [0.05, 0.1) is 18.3 Å². The Hall–Kier alpha value is -0.420. The first-order chi connectivity index (χ1) is 11.4. The SMILES string of the molecule is C=C1C[C@]23C[C@H]4[C@H]5[C@@]6(C)C[C@H](O)C[C@]57[C@@H]([C@H]2[C@@H](O)[C@H]1[C@@H](O)[C@@H]37)N4C6. The van der Waals surface area contributed by atoms with Crippen molar-refractivity contribution < 1.29 is 15.3 Å². The van der Waals surface area contributed by atoms with Gasteiger partial charge in [0, 0.05) is 30.5 Å². The summed E-state index contributed by atoms with van der Waals surface area (Å²) in [5, 5.41) is 33.3. The summed E-state index contributed by atoms with van der Waals surface area (Å²) < 4.78 is 0. The van der Waals surface area contributed by atoms with Crippen LogP contribution in [0.5, 0.6) is 0 Å². The van der Waals surface area contributed by atoms with Crippen LogP contribution < -0.4 is 0 Å². The normalized spacial score (nSPS) is 76.1. The highest BCUT2D eigenvalue weighted by Crippen LogP contribution is 2.86. The van der Waals surface area contributed by atoms with E-state index in [1.807, 2.05) is 0 Å². The maximum Gasteiger partial charge on any atom is 0.0679 e. The summed E-state index contributed by atoms with van der Waals surface area (Å²) in [5.74, 6) is 1.02. The maximum atomic E-state index is 11.3. The van der Waals surface area contributed by atoms with Crippen LogP contribution in [0.1, 0.15) is 32.6 Å². The molecule has 6 aliphatic carbocycles. The van der Waals surface area contributed by atoms with Crippen molar-refractivity contribution in [2.75, 3.05) is 6.54 Å². The summed E-state index contributed by atoms with van der Waals surface area (Å²) in [7, 11) is 0. The molecule has 3 heterocycles. The fourth-order valence-corrected chi connectivity index (χ4v) is 10.7. The minimum Gasteiger partial charge on any atom is -0.393 e. The van der Waals surface area contributed by atoms with E-state index in [0.29, 0.717) is 18.0 Å². The molecule has 9 fully saturated rings. The highest BCUT2D eigenvalue weighted by molar-refractivity contribution is 5.43. The lowest BCUT2D eigenvalue weighted by Gasteiger charge is -2.65. The van der Waals surface area contributed by atoms with E-state index < -0.39 is 12.2 Å². The monoisotopic (exact) mass is 329 g/mol. The van der Waals surface area contributed by atoms with Gasteiger partial charge in [-0.25, -0.2) is 0 Å². The van der Waals surface area contributed by atoms with E-state index in [9.17, 15) is 15.3 Å². The molecule has 2 spiro atoms. The van der Waals surface area contributed by atoms with Gasteiger partial charge in [0.15, 0.2) is 0 Å². The summed E-state index contributed by atoms with van der Waals surface area (Å²) >= 11 is 0. The topological polar surface area (TPSA) is 63.9 Å². The number of hydrogen-bond acceptors (Lipinski definition) is 4. The standard InChI is InChI=1S/C20H27NO3/c1-8-3-19-6-10-15-18(2)4-9(22)5-20(15)16(19)14(24)11(8)13(23)12(19)17(20)21(10)7-18/h9-17,22-24H,1,3-7H2,2H3/t9-,10-,11-,12+,13-,14+,15-,16-,17+,18-,19-,20-/m0/s1. The molecule has 0 radical (unpaired) electrons. The van der Waals surface area contributed by atoms with E-state index in [4.69, 9.17) is 0 Å². The molecule has 0 aromatic carbocycles. The Balaban J connectivity index is 1.54. The zero-order chi connectivity index (χ0) is 16.4. The van der Waals surface area contributed by atoms with Crippen LogP contribution in [0.15, 0.2) is 12.2 Å². The zero-order valence-corrected chi connectivity index (χ0v) is 14.2. The van der Waals surface area contributed by atoms with Crippen LogP contribution in [0.25, 0.3) is 0 Å². The second-order valence-corrected chi connectivity index (χ2v) is 10.8. The molecule has 1 unspecified atom stereocenters. The van der Waals surface area contributed by atoms with Crippen molar-refractivity contribution in [3.63, 3.8) is 0 Å². The van der Waals surface area contributed by atoms with Gasteiger partial charge in [0.2, 0.25) is 0 Å². The van der Waals surface area contributed by atoms with Crippen LogP contribution >= 0.6 is 0 Å². The van der Waals surface area contributed by atoms with Gasteiger partial charge >= 0.3 is 0 Å². The number of hydrogen-bond donors (Lipinski definition) is 3. The summed E-state index contributed by atoms with van der Waals surface area (Å²) in [6.45, 7) is 7.72. The predicted molar refractivity (Wildman–Crippen MR) is 86.8 cm³/mol. The molecule has 3 N–H and O–H groups in total. The number of aliphatic hydroxyl groups is 3. The van der Waals surface area contributed by atoms with Crippen LogP contribution in [0.2, 0.25) is 0 Å². The lowest BCUT2D eigenvalue weighted by Crippen LogP contribution is -2.67. The summed E-state index contributed by atoms with van der Waals surface area (Å²) in [4.78, 5) is 2.73. The van der Waals surface area contributed by atoms with Gasteiger partial charge in [-0.15, -0.1) is 0 Å². The van der Waals surface area contributed by atoms with Crippen LogP contribution in [-0.4, -0.2) is 57.2 Å². The molecule has 130 valence electrons. The minimum atomic E-state index is -0.460. The molecular formula is C20H27NO3. The van der Waals surface area contributed by atoms with Crippen LogP contribution in [0.3, 0.4) is 0 Å². The Kier molecular flexibility index (Phi) is 1.95. The van der Waals surface area contributed by atoms with Crippen molar-refractivity contribution in [1.29, 1.82) is 0 Å². The van der Waals surface area contributed by atoms with E-state index in [-0.39, 0.29) is 40.1 Å². The second-order valence-electron chi connectivity index (χ2n) is 10.8. The van der Waals surface area contributed by atoms with Gasteiger partial charge in [-0.2, -0.15) is 0 Å². The van der Waals surface area contributed by atoms with Crippen LogP contribution in [0, 0.1) is 39.9 Å². The molecule has 3 aliphatic heterocycles. The summed E-state index contributed by atoms with van der Waals surface area (Å²) in [5.41, 5.74) is 1.37. The molecule has 4 heteroatoms. The first-order valence-electron chi connectivity index (χ1n) is 9.83. The van der Waals surface area contributed by atoms with Gasteiger partial charge < -0.3 is 15.3 Å². The van der Waals surface area contributed by atoms with Crippen LogP contribution in [0.4, 0.5) is 0 Å². The van der Waals surface area contributed by atoms with Gasteiger partial charge in [-0.3, -0.25) is 4.90 Å². The number of fused-ring (bicyclic) bond motifs is 1. The van der Waals surface area contributed by atoms with Gasteiger partial charge in [0.25, 0.3) is 0 Å². The molecule has 3 saturated heterocycles. The highest BCUT2D eigenvalue weighted by Gasteiger charge is 2.90. The Morgan fingerprint density at radius 1 is 1.08 bits per heavy atom. The van der Waals surface area contributed by atoms with Gasteiger partial charge in [-0.05, 0) is 53.8 Å². The van der Waals surface area contributed by atoms with Crippen molar-refractivity contribution in [3.8, 4) is 0 Å². The largest absolute Gasteiger partial charge is 0.393 e. The van der Waals surface area contributed by atoms with Gasteiger partial charge in [-0.1, -0.05) is 19.1 Å². The van der Waals surface area contributed by atoms with Crippen LogP contribution in [-0.2, 0) is 0 Å². The molecule has 24 heavy (non-hydrogen) atoms. The lowest BCUT2D eigenvalue weighted by atomic mass is 9.39. The van der Waals surface area contributed by atoms with Crippen molar-refractivity contribution in [2.45, 2.75) is 63.0 Å². The van der Waals surface area contributed by atoms with E-state index in [1.54, 1.807) is 0 Å². The molecule has 6 saturated carbocycles. The maximum absolute atomic E-state index is 11.3. The average molecular weight is 329 g/mol. The van der Waals surface area contributed by atoms with E-state index in [0.717, 1.165) is 37.8 Å². The number of piperidine rings is 2. The fourth-order valence-electron chi connectivity index (χ4n) is 10.7. The zero-order valence-electron chi connectivity index (χ0n) is 14.2. The Morgan fingerprint density at radius 2 is 1.88 bits per heavy atom. The third-order valence-electron chi connectivity index (χ3n) is 10.1. The molecular weight excluding hydrogens is 302 g/mol. The van der Waals surface area contributed by atoms with E-state index in [2.05, 4.69) is 18.4 Å². The van der Waals surface area contributed by atoms with Crippen molar-refractivity contribution in [1.82, 2.24) is 4.90 Å². The Morgan fingerprint density at radius 3 is 2.67 bits per heavy atom. The third kappa shape index (κ3) is 0.980. The fraction of sp³-hybridized carbons (Fsp3) is 0.900. The lowest BCUT2D eigenvalue weighted by molar-refractivity contribution is -0.213. The molecule has 0 amide bonds. The average Bonchev–Trinajstić information content (AvgIpc) is 2.88. The highest BCUT2D eigenvalue weighted by atomic mass is 16.3. The summed E-state index contributed by atoms with van der Waals surface area (Å²) in [6.07, 6.45) is 2.76. The first kappa shape index (κ1) is 13.7. The number of nitrogens with zero attached hydrogens (tertiary/aromatic N) is 1. The first-order valence-corrected chi connectivity index (χ1v) is 9.83. The minimum absolute atomic E-state index is 0.0358. The Labute approximate surface area is 142 Å². The number of rotatable bonds is 0. The van der Waals surface area contributed by atoms with Crippen molar-refractivity contribution >= 4 is 0 Å². The van der Waals surface area contributed by atoms with Crippen molar-refractivity contribution in [3.05, 3.63) is 12.2 Å². The van der Waals surface area contributed by atoms with Crippen molar-refractivity contribution in [2.24, 2.45) is 39.9 Å². The van der Waals surface area contributed by atoms with E-state index in [1.165, 1.54) is 0 Å². The molecule has 4 nitrogen and oxygen atoms in total. The molecule has 9 rings (SSSR count). The molecule has 9 bridgehead atoms. The molecule has 0 aromatic heterocycles. The smallest absolute Gasteiger partial charge is 0.0679 e. The second kappa shape index (κ2) is 3.40. The molecule has 0 aromatic rings. The molecule has 13 atom stereocenters. The predicted octanol–water partition coefficient (Wildman–Crippen LogP) is 0.764. The molecule has 9 aliphatic rings. The Bertz CT molecular complexity index is 709.